The zero-order valence-electron chi connectivity index (χ0n) is 9.76. The molecule has 0 aromatic heterocycles. The van der Waals surface area contributed by atoms with E-state index in [4.69, 9.17) is 11.6 Å². The van der Waals surface area contributed by atoms with Crippen molar-refractivity contribution in [1.29, 1.82) is 0 Å². The summed E-state index contributed by atoms with van der Waals surface area (Å²) in [5, 5.41) is 3.31. The summed E-state index contributed by atoms with van der Waals surface area (Å²) in [4.78, 5) is 2.47. The third kappa shape index (κ3) is 6.41. The number of hydrogen-bond acceptors (Lipinski definition) is 2. The average molecular weight is 219 g/mol. The molecule has 1 N–H and O–H groups in total. The summed E-state index contributed by atoms with van der Waals surface area (Å²) in [7, 11) is 0. The Balaban J connectivity index is 3.61. The molecule has 0 saturated heterocycles. The molecule has 0 aromatic carbocycles. The van der Waals surface area contributed by atoms with Crippen LogP contribution in [0.5, 0.6) is 0 Å². The summed E-state index contributed by atoms with van der Waals surface area (Å²) in [5.74, 6) is 0. The third-order valence-electron chi connectivity index (χ3n) is 2.22. The molecule has 0 aliphatic carbocycles. The van der Waals surface area contributed by atoms with E-state index in [-0.39, 0.29) is 0 Å². The highest BCUT2D eigenvalue weighted by Crippen LogP contribution is 2.02. The van der Waals surface area contributed by atoms with Gasteiger partial charge < -0.3 is 5.32 Å². The maximum atomic E-state index is 5.41. The maximum Gasteiger partial charge on any atom is 0.0147 e. The molecule has 0 heterocycles. The van der Waals surface area contributed by atoms with E-state index in [2.05, 4.69) is 37.9 Å². The lowest BCUT2D eigenvalue weighted by Gasteiger charge is -2.30. The van der Waals surface area contributed by atoms with Crippen molar-refractivity contribution in [2.24, 2.45) is 0 Å². The number of nitrogens with zero attached hydrogens (tertiary/aromatic N) is 1. The van der Waals surface area contributed by atoms with E-state index in [9.17, 15) is 0 Å². The van der Waals surface area contributed by atoms with Crippen molar-refractivity contribution in [3.63, 3.8) is 0 Å². The van der Waals surface area contributed by atoms with Gasteiger partial charge in [-0.05, 0) is 27.7 Å². The second-order valence-corrected chi connectivity index (χ2v) is 4.24. The Morgan fingerprint density at radius 2 is 1.79 bits per heavy atom. The van der Waals surface area contributed by atoms with Gasteiger partial charge in [-0.3, -0.25) is 4.90 Å². The Kier molecular flexibility index (Phi) is 8.24. The summed E-state index contributed by atoms with van der Waals surface area (Å²) in [6, 6.07) is 1.22. The summed E-state index contributed by atoms with van der Waals surface area (Å²) < 4.78 is 0. The Bertz CT molecular complexity index is 147. The highest BCUT2D eigenvalue weighted by atomic mass is 35.5. The predicted octanol–water partition coefficient (Wildman–Crippen LogP) is 2.45. The number of rotatable bonds is 7. The van der Waals surface area contributed by atoms with E-state index >= 15 is 0 Å². The van der Waals surface area contributed by atoms with Crippen LogP contribution < -0.4 is 5.32 Å². The van der Waals surface area contributed by atoms with Gasteiger partial charge in [0.25, 0.3) is 0 Å². The van der Waals surface area contributed by atoms with Crippen LogP contribution in [0.25, 0.3) is 0 Å². The minimum Gasteiger partial charge on any atom is -0.312 e. The smallest absolute Gasteiger partial charge is 0.0147 e. The molecule has 2 nitrogen and oxygen atoms in total. The summed E-state index contributed by atoms with van der Waals surface area (Å²) >= 11 is 5.41. The number of halogens is 1. The summed E-state index contributed by atoms with van der Waals surface area (Å²) in [6.45, 7) is 11.9. The van der Waals surface area contributed by atoms with E-state index < -0.39 is 0 Å². The molecule has 0 aliphatic heterocycles. The lowest BCUT2D eigenvalue weighted by Crippen LogP contribution is -2.41. The lowest BCUT2D eigenvalue weighted by atomic mass is 10.2. The van der Waals surface area contributed by atoms with Gasteiger partial charge in [-0.15, -0.1) is 0 Å². The topological polar surface area (TPSA) is 15.3 Å². The summed E-state index contributed by atoms with van der Waals surface area (Å²) in [5.41, 5.74) is 1.55. The van der Waals surface area contributed by atoms with Gasteiger partial charge in [0.05, 0.1) is 0 Å². The van der Waals surface area contributed by atoms with E-state index in [1.165, 1.54) is 0 Å². The van der Waals surface area contributed by atoms with Gasteiger partial charge in [0, 0.05) is 37.3 Å². The van der Waals surface area contributed by atoms with Gasteiger partial charge in [0.1, 0.15) is 0 Å². The molecule has 0 radical (unpaired) electrons. The quantitative estimate of drug-likeness (QED) is 0.661. The van der Waals surface area contributed by atoms with Crippen LogP contribution in [0.2, 0.25) is 0 Å². The molecule has 0 atom stereocenters. The largest absolute Gasteiger partial charge is 0.312 e. The van der Waals surface area contributed by atoms with Crippen molar-refractivity contribution in [2.45, 2.75) is 39.8 Å². The molecular weight excluding hydrogens is 196 g/mol. The highest BCUT2D eigenvalue weighted by molar-refractivity contribution is 6.25. The highest BCUT2D eigenvalue weighted by Gasteiger charge is 2.11. The molecule has 0 bridgehead atoms. The van der Waals surface area contributed by atoms with E-state index in [1.54, 1.807) is 5.54 Å². The van der Waals surface area contributed by atoms with Gasteiger partial charge in [-0.25, -0.2) is 0 Å². The van der Waals surface area contributed by atoms with Crippen LogP contribution in [0.3, 0.4) is 0 Å². The SMILES string of the molecule is CC(C)N(CCNC/C=C/Cl)C(C)C. The molecule has 3 heteroatoms. The number of nitrogens with one attached hydrogen (secondary N) is 1. The Morgan fingerprint density at radius 3 is 2.21 bits per heavy atom. The van der Waals surface area contributed by atoms with Gasteiger partial charge in [0.2, 0.25) is 0 Å². The second-order valence-electron chi connectivity index (χ2n) is 3.99. The van der Waals surface area contributed by atoms with Crippen LogP contribution in [-0.4, -0.2) is 36.6 Å². The minimum absolute atomic E-state index is 0.611. The fourth-order valence-electron chi connectivity index (χ4n) is 1.55. The van der Waals surface area contributed by atoms with E-state index in [1.807, 2.05) is 6.08 Å². The van der Waals surface area contributed by atoms with Crippen molar-refractivity contribution in [3.05, 3.63) is 11.6 Å². The first-order chi connectivity index (χ1) is 6.59. The van der Waals surface area contributed by atoms with Crippen LogP contribution in [0.15, 0.2) is 11.6 Å². The molecule has 0 spiro atoms. The van der Waals surface area contributed by atoms with Gasteiger partial charge in [0.15, 0.2) is 0 Å². The fraction of sp³-hybridized carbons (Fsp3) is 0.818. The van der Waals surface area contributed by atoms with Crippen molar-refractivity contribution in [2.75, 3.05) is 19.6 Å². The van der Waals surface area contributed by atoms with Crippen molar-refractivity contribution in [1.82, 2.24) is 10.2 Å². The van der Waals surface area contributed by atoms with Crippen LogP contribution in [0.1, 0.15) is 27.7 Å². The normalized spacial score (nSPS) is 12.6. The standard InChI is InChI=1S/C11H23ClN2/c1-10(2)14(11(3)4)9-8-13-7-5-6-12/h5-6,10-11,13H,7-9H2,1-4H3/b6-5+. The average Bonchev–Trinajstić information content (AvgIpc) is 2.09. The second kappa shape index (κ2) is 8.27. The minimum atomic E-state index is 0.611. The van der Waals surface area contributed by atoms with Crippen LogP contribution >= 0.6 is 11.6 Å². The monoisotopic (exact) mass is 218 g/mol. The van der Waals surface area contributed by atoms with Crippen LogP contribution in [-0.2, 0) is 0 Å². The first-order valence-corrected chi connectivity index (χ1v) is 5.75. The van der Waals surface area contributed by atoms with Crippen LogP contribution in [0.4, 0.5) is 0 Å². The molecular formula is C11H23ClN2. The molecule has 84 valence electrons. The Hall–Kier alpha value is -0.0500. The molecule has 0 rings (SSSR count). The van der Waals surface area contributed by atoms with Crippen molar-refractivity contribution < 1.29 is 0 Å². The van der Waals surface area contributed by atoms with E-state index in [0.717, 1.165) is 19.6 Å². The summed E-state index contributed by atoms with van der Waals surface area (Å²) in [6.07, 6.45) is 1.91. The van der Waals surface area contributed by atoms with Crippen molar-refractivity contribution >= 4 is 11.6 Å². The zero-order valence-corrected chi connectivity index (χ0v) is 10.5. The lowest BCUT2D eigenvalue weighted by molar-refractivity contribution is 0.176. The molecule has 14 heavy (non-hydrogen) atoms. The fourth-order valence-corrected chi connectivity index (χ4v) is 1.64. The Labute approximate surface area is 93.3 Å². The Morgan fingerprint density at radius 1 is 1.21 bits per heavy atom. The molecule has 0 aromatic rings. The van der Waals surface area contributed by atoms with Crippen molar-refractivity contribution in [3.8, 4) is 0 Å². The molecule has 0 aliphatic rings. The molecule has 0 saturated carbocycles. The molecule has 0 unspecified atom stereocenters. The molecule has 0 fully saturated rings. The predicted molar refractivity (Wildman–Crippen MR) is 64.8 cm³/mol. The first-order valence-electron chi connectivity index (χ1n) is 5.31. The zero-order chi connectivity index (χ0) is 11.0. The number of hydrogen-bond donors (Lipinski definition) is 1. The molecule has 0 amide bonds. The first kappa shape index (κ1) is 13.9. The third-order valence-corrected chi connectivity index (χ3v) is 2.40. The van der Waals surface area contributed by atoms with E-state index in [0.29, 0.717) is 12.1 Å². The van der Waals surface area contributed by atoms with Crippen LogP contribution in [0, 0.1) is 0 Å². The van der Waals surface area contributed by atoms with Gasteiger partial charge in [-0.1, -0.05) is 17.7 Å². The van der Waals surface area contributed by atoms with Gasteiger partial charge >= 0.3 is 0 Å². The van der Waals surface area contributed by atoms with Gasteiger partial charge in [-0.2, -0.15) is 0 Å². The maximum absolute atomic E-state index is 5.41.